The van der Waals surface area contributed by atoms with Crippen LogP contribution in [0.1, 0.15) is 23.1 Å². The van der Waals surface area contributed by atoms with Crippen LogP contribution in [0, 0.1) is 6.92 Å². The van der Waals surface area contributed by atoms with Gasteiger partial charge in [0.1, 0.15) is 11.4 Å². The van der Waals surface area contributed by atoms with E-state index in [1.165, 1.54) is 0 Å². The molecule has 0 aliphatic carbocycles. The Kier molecular flexibility index (Phi) is 3.94. The Hall–Kier alpha value is -2.21. The van der Waals surface area contributed by atoms with E-state index in [0.29, 0.717) is 23.6 Å². The van der Waals surface area contributed by atoms with Gasteiger partial charge in [0, 0.05) is 16.2 Å². The smallest absolute Gasteiger partial charge is 0.341 e. The molecule has 6 heteroatoms. The number of halogens is 1. The molecule has 1 aromatic carbocycles. The summed E-state index contributed by atoms with van der Waals surface area (Å²) in [6, 6.07) is 9.45. The first-order valence-corrected chi connectivity index (χ1v) is 7.68. The van der Waals surface area contributed by atoms with Crippen LogP contribution in [0.4, 0.5) is 0 Å². The second-order valence-electron chi connectivity index (χ2n) is 4.75. The van der Waals surface area contributed by atoms with Gasteiger partial charge < -0.3 is 4.74 Å². The minimum absolute atomic E-state index is 0.332. The third-order valence-corrected chi connectivity index (χ3v) is 3.76. The average molecular weight is 360 g/mol. The number of benzene rings is 1. The highest BCUT2D eigenvalue weighted by Crippen LogP contribution is 2.22. The number of carbonyl (C=O) groups excluding carboxylic acids is 1. The molecule has 0 aliphatic heterocycles. The Balaban J connectivity index is 2.18. The topological polar surface area (TPSA) is 56.5 Å². The number of esters is 1. The maximum absolute atomic E-state index is 12.0. The largest absolute Gasteiger partial charge is 0.462 e. The van der Waals surface area contributed by atoms with E-state index in [9.17, 15) is 4.79 Å². The summed E-state index contributed by atoms with van der Waals surface area (Å²) < 4.78 is 7.82. The van der Waals surface area contributed by atoms with Gasteiger partial charge in [-0.05, 0) is 32.0 Å². The van der Waals surface area contributed by atoms with E-state index in [2.05, 4.69) is 25.9 Å². The third-order valence-electron chi connectivity index (χ3n) is 3.27. The van der Waals surface area contributed by atoms with Crippen LogP contribution < -0.4 is 0 Å². The highest BCUT2D eigenvalue weighted by atomic mass is 79.9. The maximum atomic E-state index is 12.0. The van der Waals surface area contributed by atoms with Crippen LogP contribution in [-0.2, 0) is 4.74 Å². The number of rotatable bonds is 3. The van der Waals surface area contributed by atoms with Crippen LogP contribution in [0.15, 0.2) is 41.0 Å². The van der Waals surface area contributed by atoms with Crippen LogP contribution >= 0.6 is 15.9 Å². The van der Waals surface area contributed by atoms with E-state index < -0.39 is 0 Å². The van der Waals surface area contributed by atoms with E-state index in [4.69, 9.17) is 4.74 Å². The number of fused-ring (bicyclic) bond motifs is 1. The summed E-state index contributed by atoms with van der Waals surface area (Å²) in [4.78, 5) is 21.1. The molecule has 0 saturated heterocycles. The molecule has 0 unspecified atom stereocenters. The number of hydrogen-bond acceptors (Lipinski definition) is 4. The molecule has 0 aliphatic rings. The van der Waals surface area contributed by atoms with Gasteiger partial charge in [0.25, 0.3) is 0 Å². The van der Waals surface area contributed by atoms with Crippen molar-refractivity contribution < 1.29 is 9.53 Å². The van der Waals surface area contributed by atoms with Crippen molar-refractivity contribution in [3.8, 4) is 11.4 Å². The number of ether oxygens (including phenoxy) is 1. The average Bonchev–Trinajstić information content (AvgIpc) is 2.92. The predicted octanol–water partition coefficient (Wildman–Crippen LogP) is 3.64. The van der Waals surface area contributed by atoms with Crippen LogP contribution in [0.3, 0.4) is 0 Å². The fourth-order valence-electron chi connectivity index (χ4n) is 2.26. The second-order valence-corrected chi connectivity index (χ2v) is 5.66. The van der Waals surface area contributed by atoms with Crippen molar-refractivity contribution in [2.24, 2.45) is 0 Å². The lowest BCUT2D eigenvalue weighted by Crippen LogP contribution is -2.07. The zero-order valence-electron chi connectivity index (χ0n) is 12.2. The van der Waals surface area contributed by atoms with E-state index in [0.717, 1.165) is 15.9 Å². The Morgan fingerprint density at radius 1 is 1.32 bits per heavy atom. The third kappa shape index (κ3) is 2.62. The Morgan fingerprint density at radius 2 is 2.14 bits per heavy atom. The van der Waals surface area contributed by atoms with Crippen LogP contribution in [-0.4, -0.2) is 26.9 Å². The molecule has 2 aromatic heterocycles. The standard InChI is InChI=1S/C16H14BrN3O2/c1-3-22-16(21)13-7-8-20-10(2)18-14(19-15(13)20)11-5-4-6-12(17)9-11/h4-9H,3H2,1-2H3. The molecule has 0 bridgehead atoms. The van der Waals surface area contributed by atoms with Crippen molar-refractivity contribution in [3.05, 3.63) is 52.4 Å². The summed E-state index contributed by atoms with van der Waals surface area (Å²) in [5.74, 6) is 0.967. The SMILES string of the molecule is CCOC(=O)c1ccn2c(C)nc(-c3cccc(Br)c3)nc12. The summed E-state index contributed by atoms with van der Waals surface area (Å²) in [5, 5.41) is 0. The van der Waals surface area contributed by atoms with Crippen LogP contribution in [0.25, 0.3) is 17.0 Å². The Bertz CT molecular complexity index is 858. The highest BCUT2D eigenvalue weighted by Gasteiger charge is 2.16. The molecule has 112 valence electrons. The molecule has 0 fully saturated rings. The fraction of sp³-hybridized carbons (Fsp3) is 0.188. The lowest BCUT2D eigenvalue weighted by molar-refractivity contribution is 0.0528. The molecule has 0 atom stereocenters. The number of aromatic nitrogens is 3. The molecule has 0 N–H and O–H groups in total. The summed E-state index contributed by atoms with van der Waals surface area (Å²) in [7, 11) is 0. The monoisotopic (exact) mass is 359 g/mol. The van der Waals surface area contributed by atoms with Gasteiger partial charge in [-0.1, -0.05) is 28.1 Å². The van der Waals surface area contributed by atoms with E-state index in [1.54, 1.807) is 23.6 Å². The summed E-state index contributed by atoms with van der Waals surface area (Å²) in [6.07, 6.45) is 1.78. The van der Waals surface area contributed by atoms with Crippen molar-refractivity contribution >= 4 is 27.5 Å². The summed E-state index contributed by atoms with van der Waals surface area (Å²) in [5.41, 5.74) is 1.89. The van der Waals surface area contributed by atoms with Gasteiger partial charge in [0.2, 0.25) is 0 Å². The number of aryl methyl sites for hydroxylation is 1. The van der Waals surface area contributed by atoms with Crippen molar-refractivity contribution in [1.29, 1.82) is 0 Å². The first-order valence-electron chi connectivity index (χ1n) is 6.89. The zero-order valence-corrected chi connectivity index (χ0v) is 13.8. The predicted molar refractivity (Wildman–Crippen MR) is 86.8 cm³/mol. The van der Waals surface area contributed by atoms with E-state index in [1.807, 2.05) is 31.2 Å². The first-order chi connectivity index (χ1) is 10.6. The van der Waals surface area contributed by atoms with Crippen molar-refractivity contribution in [2.75, 3.05) is 6.61 Å². The number of nitrogens with zero attached hydrogens (tertiary/aromatic N) is 3. The Labute approximate surface area is 136 Å². The minimum atomic E-state index is -0.372. The Morgan fingerprint density at radius 3 is 2.86 bits per heavy atom. The van der Waals surface area contributed by atoms with Gasteiger partial charge in [-0.3, -0.25) is 4.40 Å². The molecule has 22 heavy (non-hydrogen) atoms. The molecule has 0 amide bonds. The van der Waals surface area contributed by atoms with Crippen molar-refractivity contribution in [1.82, 2.24) is 14.4 Å². The van der Waals surface area contributed by atoms with Gasteiger partial charge in [-0.15, -0.1) is 0 Å². The summed E-state index contributed by atoms with van der Waals surface area (Å²) >= 11 is 3.44. The van der Waals surface area contributed by atoms with Gasteiger partial charge in [0.15, 0.2) is 11.5 Å². The maximum Gasteiger partial charge on any atom is 0.341 e. The number of carbonyl (C=O) groups is 1. The molecule has 3 rings (SSSR count). The molecular formula is C16H14BrN3O2. The second kappa shape index (κ2) is 5.88. The van der Waals surface area contributed by atoms with Gasteiger partial charge >= 0.3 is 5.97 Å². The van der Waals surface area contributed by atoms with Crippen LogP contribution in [0.5, 0.6) is 0 Å². The van der Waals surface area contributed by atoms with Gasteiger partial charge in [-0.25, -0.2) is 14.8 Å². The molecular weight excluding hydrogens is 346 g/mol. The van der Waals surface area contributed by atoms with Gasteiger partial charge in [-0.2, -0.15) is 0 Å². The summed E-state index contributed by atoms with van der Waals surface area (Å²) in [6.45, 7) is 3.99. The van der Waals surface area contributed by atoms with E-state index in [-0.39, 0.29) is 5.97 Å². The molecule has 5 nitrogen and oxygen atoms in total. The molecule has 2 heterocycles. The molecule has 3 aromatic rings. The first kappa shape index (κ1) is 14.7. The number of hydrogen-bond donors (Lipinski definition) is 0. The lowest BCUT2D eigenvalue weighted by Gasteiger charge is -2.06. The lowest BCUT2D eigenvalue weighted by atomic mass is 10.2. The fourth-order valence-corrected chi connectivity index (χ4v) is 2.66. The van der Waals surface area contributed by atoms with Gasteiger partial charge in [0.05, 0.1) is 6.61 Å². The molecule has 0 saturated carbocycles. The molecule has 0 radical (unpaired) electrons. The normalized spacial score (nSPS) is 10.9. The molecule has 0 spiro atoms. The van der Waals surface area contributed by atoms with Crippen molar-refractivity contribution in [3.63, 3.8) is 0 Å². The zero-order chi connectivity index (χ0) is 15.7. The minimum Gasteiger partial charge on any atom is -0.462 e. The van der Waals surface area contributed by atoms with Crippen LogP contribution in [0.2, 0.25) is 0 Å². The highest BCUT2D eigenvalue weighted by molar-refractivity contribution is 9.10. The van der Waals surface area contributed by atoms with Crippen molar-refractivity contribution in [2.45, 2.75) is 13.8 Å². The van der Waals surface area contributed by atoms with E-state index >= 15 is 0 Å². The quantitative estimate of drug-likeness (QED) is 0.669.